The Bertz CT molecular complexity index is 1510. The fourth-order valence-corrected chi connectivity index (χ4v) is 4.20. The van der Waals surface area contributed by atoms with Gasteiger partial charge >= 0.3 is 17.8 Å². The number of anilines is 1. The Balaban J connectivity index is 0.000000505. The summed E-state index contributed by atoms with van der Waals surface area (Å²) in [5.41, 5.74) is 0.445. The predicted octanol–water partition coefficient (Wildman–Crippen LogP) is 1.71. The van der Waals surface area contributed by atoms with Crippen LogP contribution in [0.1, 0.15) is 12.5 Å². The zero-order chi connectivity index (χ0) is 28.2. The monoisotopic (exact) mass is 575 g/mol. The molecule has 0 unspecified atom stereocenters. The van der Waals surface area contributed by atoms with Crippen molar-refractivity contribution in [2.45, 2.75) is 26.2 Å². The second-order valence-corrected chi connectivity index (χ2v) is 8.77. The van der Waals surface area contributed by atoms with E-state index in [0.29, 0.717) is 29.2 Å². The number of rotatable bonds is 4. The molecule has 1 fully saturated rings. The van der Waals surface area contributed by atoms with E-state index < -0.39 is 23.4 Å². The van der Waals surface area contributed by atoms with Gasteiger partial charge in [-0.25, -0.2) is 14.6 Å². The number of carboxylic acids is 1. The SMILES string of the molecule is CC#CCn1c(N2CCNCC2)nc2c1c(=O)n(C)c(=O)n2Cc1cc(Cl)nc(Cl)c1.O=C(O)C(F)(F)F. The highest BCUT2D eigenvalue weighted by molar-refractivity contribution is 6.32. The maximum Gasteiger partial charge on any atom is 0.490 e. The fourth-order valence-electron chi connectivity index (χ4n) is 3.69. The average Bonchev–Trinajstić information content (AvgIpc) is 3.23. The van der Waals surface area contributed by atoms with Gasteiger partial charge in [0, 0.05) is 33.2 Å². The normalized spacial score (nSPS) is 13.5. The molecule has 11 nitrogen and oxygen atoms in total. The van der Waals surface area contributed by atoms with Crippen molar-refractivity contribution in [1.82, 2.24) is 29.0 Å². The highest BCUT2D eigenvalue weighted by atomic mass is 35.5. The van der Waals surface area contributed by atoms with Gasteiger partial charge in [-0.3, -0.25) is 18.5 Å². The van der Waals surface area contributed by atoms with Gasteiger partial charge in [-0.15, -0.1) is 5.92 Å². The first-order chi connectivity index (χ1) is 17.8. The van der Waals surface area contributed by atoms with Crippen molar-refractivity contribution in [2.24, 2.45) is 7.05 Å². The average molecular weight is 576 g/mol. The van der Waals surface area contributed by atoms with E-state index in [9.17, 15) is 22.8 Å². The predicted molar refractivity (Wildman–Crippen MR) is 135 cm³/mol. The number of carboxylic acid groups (broad SMARTS) is 1. The molecular weight excluding hydrogens is 554 g/mol. The van der Waals surface area contributed by atoms with E-state index in [1.54, 1.807) is 23.6 Å². The first kappa shape index (κ1) is 29.0. The number of alkyl halides is 3. The first-order valence-corrected chi connectivity index (χ1v) is 11.8. The van der Waals surface area contributed by atoms with Gasteiger partial charge < -0.3 is 15.3 Å². The van der Waals surface area contributed by atoms with E-state index in [1.807, 2.05) is 0 Å². The third kappa shape index (κ3) is 6.47. The molecule has 38 heavy (non-hydrogen) atoms. The number of hydrogen-bond acceptors (Lipinski definition) is 7. The van der Waals surface area contributed by atoms with Crippen LogP contribution < -0.4 is 21.5 Å². The van der Waals surface area contributed by atoms with Crippen molar-refractivity contribution < 1.29 is 23.1 Å². The number of pyridine rings is 1. The summed E-state index contributed by atoms with van der Waals surface area (Å²) in [5.74, 6) is 3.76. The van der Waals surface area contributed by atoms with Crippen LogP contribution >= 0.6 is 23.2 Å². The quantitative estimate of drug-likeness (QED) is 0.355. The molecular formula is C22H22Cl2F3N7O4. The van der Waals surface area contributed by atoms with E-state index in [2.05, 4.69) is 27.0 Å². The van der Waals surface area contributed by atoms with Gasteiger partial charge in [0.2, 0.25) is 5.95 Å². The van der Waals surface area contributed by atoms with Gasteiger partial charge in [0.15, 0.2) is 11.2 Å². The molecule has 1 aliphatic rings. The molecule has 1 aliphatic heterocycles. The molecule has 0 saturated carbocycles. The van der Waals surface area contributed by atoms with Crippen molar-refractivity contribution in [1.29, 1.82) is 0 Å². The maximum absolute atomic E-state index is 13.1. The lowest BCUT2D eigenvalue weighted by Crippen LogP contribution is -2.44. The Morgan fingerprint density at radius 2 is 1.71 bits per heavy atom. The molecule has 4 rings (SSSR count). The zero-order valence-corrected chi connectivity index (χ0v) is 21.7. The van der Waals surface area contributed by atoms with Gasteiger partial charge in [-0.1, -0.05) is 29.1 Å². The number of carbonyl (C=O) groups is 1. The molecule has 16 heteroatoms. The van der Waals surface area contributed by atoms with Crippen LogP contribution in [0.4, 0.5) is 19.1 Å². The number of nitrogens with one attached hydrogen (secondary N) is 1. The zero-order valence-electron chi connectivity index (χ0n) is 20.1. The second-order valence-electron chi connectivity index (χ2n) is 7.99. The van der Waals surface area contributed by atoms with Crippen molar-refractivity contribution in [2.75, 3.05) is 31.1 Å². The summed E-state index contributed by atoms with van der Waals surface area (Å²) in [4.78, 5) is 45.8. The topological polar surface area (TPSA) is 127 Å². The molecule has 1 saturated heterocycles. The molecule has 0 amide bonds. The number of piperazine rings is 1. The largest absolute Gasteiger partial charge is 0.490 e. The van der Waals surface area contributed by atoms with Gasteiger partial charge in [0.1, 0.15) is 10.3 Å². The van der Waals surface area contributed by atoms with E-state index in [0.717, 1.165) is 30.7 Å². The number of aliphatic carboxylic acids is 1. The Labute approximate surface area is 223 Å². The van der Waals surface area contributed by atoms with Crippen molar-refractivity contribution in [3.05, 3.63) is 48.8 Å². The number of hydrogen-bond donors (Lipinski definition) is 2. The van der Waals surface area contributed by atoms with Crippen LogP contribution in [0, 0.1) is 11.8 Å². The first-order valence-electron chi connectivity index (χ1n) is 11.0. The third-order valence-electron chi connectivity index (χ3n) is 5.43. The Morgan fingerprint density at radius 3 is 2.24 bits per heavy atom. The summed E-state index contributed by atoms with van der Waals surface area (Å²) < 4.78 is 36.1. The lowest BCUT2D eigenvalue weighted by atomic mass is 10.2. The summed E-state index contributed by atoms with van der Waals surface area (Å²) in [6, 6.07) is 3.27. The summed E-state index contributed by atoms with van der Waals surface area (Å²) in [7, 11) is 1.46. The summed E-state index contributed by atoms with van der Waals surface area (Å²) in [6.45, 7) is 5.28. The third-order valence-corrected chi connectivity index (χ3v) is 5.82. The van der Waals surface area contributed by atoms with E-state index in [4.69, 9.17) is 38.1 Å². The van der Waals surface area contributed by atoms with Crippen LogP contribution in [-0.2, 0) is 24.9 Å². The van der Waals surface area contributed by atoms with E-state index in [-0.39, 0.29) is 16.9 Å². The van der Waals surface area contributed by atoms with Gasteiger partial charge in [-0.05, 0) is 24.6 Å². The molecule has 204 valence electrons. The van der Waals surface area contributed by atoms with Crippen LogP contribution in [0.15, 0.2) is 21.7 Å². The number of aromatic nitrogens is 5. The summed E-state index contributed by atoms with van der Waals surface area (Å²) >= 11 is 12.1. The standard InChI is InChI=1S/C20H21Cl2N7O2.C2HF3O2/c1-3-4-7-28-16-17(25-19(28)27-8-5-23-6-9-27)29(20(31)26(2)18(16)30)12-13-10-14(21)24-15(22)11-13;3-2(4,5)1(6)7/h10-11,23H,5-9,12H2,1-2H3;(H,6,7). The van der Waals surface area contributed by atoms with Gasteiger partial charge in [0.05, 0.1) is 13.1 Å². The molecule has 0 bridgehead atoms. The molecule has 3 aromatic heterocycles. The number of imidazole rings is 1. The molecule has 4 heterocycles. The second kappa shape index (κ2) is 11.9. The van der Waals surface area contributed by atoms with Crippen LogP contribution in [0.3, 0.4) is 0 Å². The molecule has 2 N–H and O–H groups in total. The molecule has 3 aromatic rings. The minimum atomic E-state index is -5.08. The molecule has 0 aliphatic carbocycles. The summed E-state index contributed by atoms with van der Waals surface area (Å²) in [5, 5.41) is 10.9. The number of halogens is 5. The van der Waals surface area contributed by atoms with Crippen LogP contribution in [-0.4, -0.2) is 67.1 Å². The highest BCUT2D eigenvalue weighted by Crippen LogP contribution is 2.22. The van der Waals surface area contributed by atoms with Crippen LogP contribution in [0.25, 0.3) is 11.2 Å². The number of fused-ring (bicyclic) bond motifs is 1. The van der Waals surface area contributed by atoms with E-state index in [1.165, 1.54) is 11.6 Å². The van der Waals surface area contributed by atoms with Crippen molar-refractivity contribution in [3.8, 4) is 11.8 Å². The molecule has 0 atom stereocenters. The minimum Gasteiger partial charge on any atom is -0.475 e. The van der Waals surface area contributed by atoms with Crippen LogP contribution in [0.2, 0.25) is 10.3 Å². The lowest BCUT2D eigenvalue weighted by molar-refractivity contribution is -0.192. The minimum absolute atomic E-state index is 0.142. The van der Waals surface area contributed by atoms with Gasteiger partial charge in [-0.2, -0.15) is 18.2 Å². The smallest absolute Gasteiger partial charge is 0.475 e. The maximum atomic E-state index is 13.1. The van der Waals surface area contributed by atoms with Crippen LogP contribution in [0.5, 0.6) is 0 Å². The fraction of sp³-hybridized carbons (Fsp3) is 0.409. The summed E-state index contributed by atoms with van der Waals surface area (Å²) in [6.07, 6.45) is -5.08. The Hall–Kier alpha value is -3.54. The Morgan fingerprint density at radius 1 is 1.13 bits per heavy atom. The highest BCUT2D eigenvalue weighted by Gasteiger charge is 2.38. The van der Waals surface area contributed by atoms with Gasteiger partial charge in [0.25, 0.3) is 5.56 Å². The number of nitrogens with zero attached hydrogens (tertiary/aromatic N) is 6. The molecule has 0 spiro atoms. The van der Waals surface area contributed by atoms with Crippen molar-refractivity contribution >= 4 is 46.3 Å². The molecule has 0 aromatic carbocycles. The van der Waals surface area contributed by atoms with E-state index >= 15 is 0 Å². The Kier molecular flexibility index (Phi) is 9.08. The van der Waals surface area contributed by atoms with Crippen molar-refractivity contribution in [3.63, 3.8) is 0 Å². The lowest BCUT2D eigenvalue weighted by Gasteiger charge is -2.28. The molecule has 0 radical (unpaired) electrons.